The van der Waals surface area contributed by atoms with Gasteiger partial charge in [0.25, 0.3) is 5.91 Å². The second-order valence-corrected chi connectivity index (χ2v) is 7.64. The van der Waals surface area contributed by atoms with Gasteiger partial charge < -0.3 is 9.64 Å². The molecule has 25 heavy (non-hydrogen) atoms. The fourth-order valence-corrected chi connectivity index (χ4v) is 3.51. The summed E-state index contributed by atoms with van der Waals surface area (Å²) in [6.45, 7) is 1.45. The molecule has 0 aliphatic carbocycles. The van der Waals surface area contributed by atoms with Gasteiger partial charge in [-0.1, -0.05) is 30.3 Å². The topological polar surface area (TPSA) is 75.7 Å². The minimum atomic E-state index is -3.51. The molecule has 0 aromatic heterocycles. The quantitative estimate of drug-likeness (QED) is 0.902. The van der Waals surface area contributed by atoms with Gasteiger partial charge in [0.2, 0.25) is 10.0 Å². The van der Waals surface area contributed by atoms with E-state index in [0.717, 1.165) is 5.56 Å². The first-order valence-corrected chi connectivity index (χ1v) is 9.49. The number of nitrogens with zero attached hydrogens (tertiary/aromatic N) is 1. The van der Waals surface area contributed by atoms with Crippen LogP contribution in [0.4, 0.5) is 0 Å². The molecule has 1 amide bonds. The van der Waals surface area contributed by atoms with E-state index in [4.69, 9.17) is 4.74 Å². The zero-order valence-electron chi connectivity index (χ0n) is 13.9. The average Bonchev–Trinajstić information content (AvgIpc) is 2.68. The number of benzene rings is 2. The van der Waals surface area contributed by atoms with Crippen molar-refractivity contribution in [2.45, 2.75) is 11.0 Å². The maximum absolute atomic E-state index is 12.7. The molecule has 0 bridgehead atoms. The highest BCUT2D eigenvalue weighted by molar-refractivity contribution is 7.89. The maximum atomic E-state index is 12.7. The molecule has 7 heteroatoms. The molecule has 0 radical (unpaired) electrons. The summed E-state index contributed by atoms with van der Waals surface area (Å²) >= 11 is 0. The van der Waals surface area contributed by atoms with Crippen LogP contribution in [0.2, 0.25) is 0 Å². The van der Waals surface area contributed by atoms with Crippen molar-refractivity contribution < 1.29 is 17.9 Å². The van der Waals surface area contributed by atoms with Crippen LogP contribution in [0.5, 0.6) is 0 Å². The Balaban J connectivity index is 1.74. The van der Waals surface area contributed by atoms with Gasteiger partial charge >= 0.3 is 0 Å². The number of hydrogen-bond acceptors (Lipinski definition) is 4. The van der Waals surface area contributed by atoms with Gasteiger partial charge in [-0.15, -0.1) is 0 Å². The Morgan fingerprint density at radius 2 is 1.80 bits per heavy atom. The molecule has 0 saturated carbocycles. The zero-order valence-corrected chi connectivity index (χ0v) is 14.7. The van der Waals surface area contributed by atoms with Crippen molar-refractivity contribution >= 4 is 15.9 Å². The highest BCUT2D eigenvalue weighted by atomic mass is 32.2. The second-order valence-electron chi connectivity index (χ2n) is 5.75. The minimum Gasteiger partial charge on any atom is -0.370 e. The number of sulfonamides is 1. The average molecular weight is 360 g/mol. The summed E-state index contributed by atoms with van der Waals surface area (Å²) in [4.78, 5) is 14.6. The van der Waals surface area contributed by atoms with Gasteiger partial charge in [0.15, 0.2) is 0 Å². The van der Waals surface area contributed by atoms with Crippen molar-refractivity contribution in [1.82, 2.24) is 9.62 Å². The molecule has 0 spiro atoms. The zero-order chi connectivity index (χ0) is 17.9. The first-order valence-electron chi connectivity index (χ1n) is 8.01. The number of morpholine rings is 1. The number of nitrogens with one attached hydrogen (secondary N) is 1. The lowest BCUT2D eigenvalue weighted by Crippen LogP contribution is -2.42. The first kappa shape index (κ1) is 17.6. The van der Waals surface area contributed by atoms with Gasteiger partial charge in [-0.25, -0.2) is 13.1 Å². The van der Waals surface area contributed by atoms with Crippen LogP contribution in [-0.2, 0) is 14.8 Å². The van der Waals surface area contributed by atoms with Crippen LogP contribution < -0.4 is 4.72 Å². The number of amides is 1. The Labute approximate surface area is 147 Å². The van der Waals surface area contributed by atoms with E-state index in [0.29, 0.717) is 25.3 Å². The summed E-state index contributed by atoms with van der Waals surface area (Å²) in [6, 6.07) is 15.8. The van der Waals surface area contributed by atoms with Crippen molar-refractivity contribution in [2.75, 3.05) is 26.7 Å². The van der Waals surface area contributed by atoms with Gasteiger partial charge in [-0.05, 0) is 36.9 Å². The van der Waals surface area contributed by atoms with Crippen molar-refractivity contribution in [1.29, 1.82) is 0 Å². The van der Waals surface area contributed by atoms with E-state index in [2.05, 4.69) is 4.72 Å². The standard InChI is InChI=1S/C18H20N2O4S/c1-19-25(22,23)16-9-7-15(8-10-16)18(21)20-11-12-24-17(13-20)14-5-3-2-4-6-14/h2-10,17,19H,11-13H2,1H3. The Kier molecular flexibility index (Phi) is 5.17. The van der Waals surface area contributed by atoms with Crippen molar-refractivity contribution in [3.05, 3.63) is 65.7 Å². The largest absolute Gasteiger partial charge is 0.370 e. The van der Waals surface area contributed by atoms with E-state index in [1.165, 1.54) is 19.2 Å². The van der Waals surface area contributed by atoms with E-state index in [9.17, 15) is 13.2 Å². The Morgan fingerprint density at radius 3 is 2.44 bits per heavy atom. The van der Waals surface area contributed by atoms with Crippen molar-refractivity contribution in [2.24, 2.45) is 0 Å². The maximum Gasteiger partial charge on any atom is 0.254 e. The monoisotopic (exact) mass is 360 g/mol. The van der Waals surface area contributed by atoms with Crippen molar-refractivity contribution in [3.63, 3.8) is 0 Å². The predicted molar refractivity (Wildman–Crippen MR) is 93.7 cm³/mol. The fraction of sp³-hybridized carbons (Fsp3) is 0.278. The molecule has 1 aliphatic heterocycles. The molecule has 1 unspecified atom stereocenters. The number of ether oxygens (including phenoxy) is 1. The normalized spacial score (nSPS) is 18.1. The molecule has 1 atom stereocenters. The molecule has 1 aliphatic rings. The van der Waals surface area contributed by atoms with Gasteiger partial charge in [-0.3, -0.25) is 4.79 Å². The summed E-state index contributed by atoms with van der Waals surface area (Å²) in [7, 11) is -2.15. The van der Waals surface area contributed by atoms with Gasteiger partial charge in [-0.2, -0.15) is 0 Å². The van der Waals surface area contributed by atoms with Crippen LogP contribution >= 0.6 is 0 Å². The Hall–Kier alpha value is -2.22. The predicted octanol–water partition coefficient (Wildman–Crippen LogP) is 1.81. The molecule has 3 rings (SSSR count). The lowest BCUT2D eigenvalue weighted by molar-refractivity contribution is -0.0228. The summed E-state index contributed by atoms with van der Waals surface area (Å²) in [6.07, 6.45) is -0.150. The lowest BCUT2D eigenvalue weighted by atomic mass is 10.1. The number of carbonyl (C=O) groups excluding carboxylic acids is 1. The number of carbonyl (C=O) groups is 1. The molecular formula is C18H20N2O4S. The lowest BCUT2D eigenvalue weighted by Gasteiger charge is -2.33. The van der Waals surface area contributed by atoms with E-state index < -0.39 is 10.0 Å². The molecule has 1 N–H and O–H groups in total. The molecule has 2 aromatic rings. The van der Waals surface area contributed by atoms with Gasteiger partial charge in [0.1, 0.15) is 6.10 Å². The molecular weight excluding hydrogens is 340 g/mol. The summed E-state index contributed by atoms with van der Waals surface area (Å²) < 4.78 is 31.6. The van der Waals surface area contributed by atoms with Crippen LogP contribution in [-0.4, -0.2) is 46.0 Å². The number of rotatable bonds is 4. The molecule has 6 nitrogen and oxygen atoms in total. The Morgan fingerprint density at radius 1 is 1.12 bits per heavy atom. The van der Waals surface area contributed by atoms with Crippen LogP contribution in [0.3, 0.4) is 0 Å². The fourth-order valence-electron chi connectivity index (χ4n) is 2.78. The molecule has 132 valence electrons. The highest BCUT2D eigenvalue weighted by Gasteiger charge is 2.26. The number of hydrogen-bond donors (Lipinski definition) is 1. The highest BCUT2D eigenvalue weighted by Crippen LogP contribution is 2.23. The molecule has 1 saturated heterocycles. The molecule has 2 aromatic carbocycles. The molecule has 1 heterocycles. The molecule has 1 fully saturated rings. The van der Waals surface area contributed by atoms with Crippen molar-refractivity contribution in [3.8, 4) is 0 Å². The van der Waals surface area contributed by atoms with E-state index in [1.54, 1.807) is 17.0 Å². The SMILES string of the molecule is CNS(=O)(=O)c1ccc(C(=O)N2CCOC(c3ccccc3)C2)cc1. The third-order valence-electron chi connectivity index (χ3n) is 4.21. The van der Waals surface area contributed by atoms with E-state index in [1.807, 2.05) is 30.3 Å². The van der Waals surface area contributed by atoms with E-state index in [-0.39, 0.29) is 16.9 Å². The third kappa shape index (κ3) is 3.89. The summed E-state index contributed by atoms with van der Waals surface area (Å²) in [5.74, 6) is -0.127. The first-order chi connectivity index (χ1) is 12.0. The van der Waals surface area contributed by atoms with E-state index >= 15 is 0 Å². The van der Waals surface area contributed by atoms with Crippen LogP contribution in [0.1, 0.15) is 22.0 Å². The van der Waals surface area contributed by atoms with Crippen LogP contribution in [0.25, 0.3) is 0 Å². The van der Waals surface area contributed by atoms with Gasteiger partial charge in [0.05, 0.1) is 18.0 Å². The third-order valence-corrected chi connectivity index (χ3v) is 5.64. The van der Waals surface area contributed by atoms with Crippen LogP contribution in [0, 0.1) is 0 Å². The smallest absolute Gasteiger partial charge is 0.254 e. The minimum absolute atomic E-state index is 0.127. The second kappa shape index (κ2) is 7.35. The summed E-state index contributed by atoms with van der Waals surface area (Å²) in [5.41, 5.74) is 1.50. The van der Waals surface area contributed by atoms with Gasteiger partial charge in [0, 0.05) is 12.1 Å². The Bertz CT molecular complexity index is 835. The summed E-state index contributed by atoms with van der Waals surface area (Å²) in [5, 5.41) is 0. The van der Waals surface area contributed by atoms with Crippen LogP contribution in [0.15, 0.2) is 59.5 Å².